The highest BCUT2D eigenvalue weighted by molar-refractivity contribution is 5.48. The summed E-state index contributed by atoms with van der Waals surface area (Å²) in [6.45, 7) is 3.82. The predicted molar refractivity (Wildman–Crippen MR) is 67.5 cm³/mol. The zero-order chi connectivity index (χ0) is 12.3. The molecule has 0 aliphatic carbocycles. The number of aromatic nitrogens is 2. The number of rotatable bonds is 3. The van der Waals surface area contributed by atoms with Crippen molar-refractivity contribution in [1.29, 1.82) is 0 Å². The van der Waals surface area contributed by atoms with Gasteiger partial charge in [-0.3, -0.25) is 0 Å². The number of nitrogen functional groups attached to an aromatic ring is 2. The fourth-order valence-electron chi connectivity index (χ4n) is 2.13. The van der Waals surface area contributed by atoms with Crippen LogP contribution in [0.1, 0.15) is 19.8 Å². The highest BCUT2D eigenvalue weighted by Crippen LogP contribution is 2.21. The monoisotopic (exact) mass is 237 g/mol. The van der Waals surface area contributed by atoms with Crippen molar-refractivity contribution in [2.45, 2.75) is 25.8 Å². The molecular formula is C11H19N5O. The fraction of sp³-hybridized carbons (Fsp3) is 0.636. The van der Waals surface area contributed by atoms with Gasteiger partial charge in [0, 0.05) is 25.3 Å². The minimum Gasteiger partial charge on any atom is -0.383 e. The maximum atomic E-state index is 5.62. The van der Waals surface area contributed by atoms with E-state index in [9.17, 15) is 0 Å². The highest BCUT2D eigenvalue weighted by Gasteiger charge is 2.20. The van der Waals surface area contributed by atoms with Crippen LogP contribution in [0.25, 0.3) is 0 Å². The topological polar surface area (TPSA) is 99.1 Å². The lowest BCUT2D eigenvalue weighted by molar-refractivity contribution is 0.0622. The first-order chi connectivity index (χ1) is 8.15. The minimum atomic E-state index is 0.201. The standard InChI is InChI=1S/C11H19N5O/c1-7(8-2-4-17-5-3-8)14-10-6-9(12)15-11(13)16-10/h6-8H,2-5H2,1H3,(H5,12,13,14,15,16). The molecule has 1 aromatic rings. The molecular weight excluding hydrogens is 218 g/mol. The van der Waals surface area contributed by atoms with Crippen molar-refractivity contribution in [3.8, 4) is 0 Å². The van der Waals surface area contributed by atoms with Crippen LogP contribution >= 0.6 is 0 Å². The Kier molecular flexibility index (Phi) is 3.63. The molecule has 0 bridgehead atoms. The minimum absolute atomic E-state index is 0.201. The second-order valence-corrected chi connectivity index (χ2v) is 4.42. The predicted octanol–water partition coefficient (Wildman–Crippen LogP) is 0.868. The second-order valence-electron chi connectivity index (χ2n) is 4.42. The van der Waals surface area contributed by atoms with Gasteiger partial charge in [-0.25, -0.2) is 0 Å². The largest absolute Gasteiger partial charge is 0.383 e. The molecule has 6 heteroatoms. The number of anilines is 3. The van der Waals surface area contributed by atoms with Crippen LogP contribution in [0.4, 0.5) is 17.6 Å². The summed E-state index contributed by atoms with van der Waals surface area (Å²) in [6.07, 6.45) is 2.15. The summed E-state index contributed by atoms with van der Waals surface area (Å²) in [5.41, 5.74) is 11.2. The van der Waals surface area contributed by atoms with Crippen molar-refractivity contribution in [1.82, 2.24) is 9.97 Å². The first-order valence-electron chi connectivity index (χ1n) is 5.89. The first kappa shape index (κ1) is 11.9. The molecule has 2 heterocycles. The molecule has 17 heavy (non-hydrogen) atoms. The molecule has 0 amide bonds. The van der Waals surface area contributed by atoms with Crippen molar-refractivity contribution in [3.63, 3.8) is 0 Å². The molecule has 0 radical (unpaired) electrons. The van der Waals surface area contributed by atoms with Gasteiger partial charge in [-0.15, -0.1) is 0 Å². The zero-order valence-electron chi connectivity index (χ0n) is 10.0. The molecule has 1 unspecified atom stereocenters. The summed E-state index contributed by atoms with van der Waals surface area (Å²) < 4.78 is 5.34. The van der Waals surface area contributed by atoms with Gasteiger partial charge in [-0.1, -0.05) is 0 Å². The molecule has 0 spiro atoms. The van der Waals surface area contributed by atoms with Crippen LogP contribution in [0.15, 0.2) is 6.07 Å². The average molecular weight is 237 g/mol. The zero-order valence-corrected chi connectivity index (χ0v) is 10.0. The van der Waals surface area contributed by atoms with Gasteiger partial charge in [0.15, 0.2) is 0 Å². The van der Waals surface area contributed by atoms with Gasteiger partial charge in [0.2, 0.25) is 5.95 Å². The Labute approximate surface area is 101 Å². The summed E-state index contributed by atoms with van der Waals surface area (Å²) in [4.78, 5) is 7.95. The lowest BCUT2D eigenvalue weighted by Crippen LogP contribution is -2.31. The smallest absolute Gasteiger partial charge is 0.223 e. The third kappa shape index (κ3) is 3.20. The maximum absolute atomic E-state index is 5.62. The van der Waals surface area contributed by atoms with Crippen LogP contribution in [0, 0.1) is 5.92 Å². The molecule has 6 nitrogen and oxygen atoms in total. The maximum Gasteiger partial charge on any atom is 0.223 e. The van der Waals surface area contributed by atoms with Crippen LogP contribution in [0.5, 0.6) is 0 Å². The number of hydrogen-bond acceptors (Lipinski definition) is 6. The number of nitrogens with one attached hydrogen (secondary N) is 1. The Hall–Kier alpha value is -1.56. The Morgan fingerprint density at radius 3 is 2.71 bits per heavy atom. The van der Waals surface area contributed by atoms with Gasteiger partial charge < -0.3 is 21.5 Å². The molecule has 1 aliphatic heterocycles. The average Bonchev–Trinajstić information content (AvgIpc) is 2.28. The highest BCUT2D eigenvalue weighted by atomic mass is 16.5. The van der Waals surface area contributed by atoms with Crippen LogP contribution in [0.2, 0.25) is 0 Å². The molecule has 1 atom stereocenters. The van der Waals surface area contributed by atoms with Gasteiger partial charge in [-0.2, -0.15) is 9.97 Å². The van der Waals surface area contributed by atoms with Crippen LogP contribution in [-0.4, -0.2) is 29.2 Å². The van der Waals surface area contributed by atoms with Gasteiger partial charge in [0.1, 0.15) is 11.6 Å². The molecule has 5 N–H and O–H groups in total. The van der Waals surface area contributed by atoms with Gasteiger partial charge in [0.05, 0.1) is 0 Å². The van der Waals surface area contributed by atoms with Crippen LogP contribution in [-0.2, 0) is 4.74 Å². The Morgan fingerprint density at radius 1 is 1.35 bits per heavy atom. The van der Waals surface area contributed by atoms with E-state index in [1.807, 2.05) is 0 Å². The van der Waals surface area contributed by atoms with Crippen molar-refractivity contribution in [2.24, 2.45) is 5.92 Å². The lowest BCUT2D eigenvalue weighted by Gasteiger charge is -2.28. The summed E-state index contributed by atoms with van der Waals surface area (Å²) in [6, 6.07) is 2.03. The normalized spacial score (nSPS) is 18.9. The fourth-order valence-corrected chi connectivity index (χ4v) is 2.13. The van der Waals surface area contributed by atoms with E-state index in [1.165, 1.54) is 0 Å². The summed E-state index contributed by atoms with van der Waals surface area (Å²) in [5, 5.41) is 3.33. The van der Waals surface area contributed by atoms with Gasteiger partial charge in [-0.05, 0) is 25.7 Å². The molecule has 1 aromatic heterocycles. The Morgan fingerprint density at radius 2 is 2.06 bits per heavy atom. The molecule has 0 saturated carbocycles. The van der Waals surface area contributed by atoms with E-state index in [4.69, 9.17) is 16.2 Å². The van der Waals surface area contributed by atoms with E-state index in [2.05, 4.69) is 22.2 Å². The molecule has 1 saturated heterocycles. The van der Waals surface area contributed by atoms with Crippen LogP contribution in [0.3, 0.4) is 0 Å². The van der Waals surface area contributed by atoms with E-state index in [0.29, 0.717) is 23.6 Å². The van der Waals surface area contributed by atoms with Crippen molar-refractivity contribution in [2.75, 3.05) is 30.0 Å². The summed E-state index contributed by atoms with van der Waals surface area (Å²) in [5.74, 6) is 1.88. The molecule has 94 valence electrons. The van der Waals surface area contributed by atoms with Crippen molar-refractivity contribution >= 4 is 17.6 Å². The van der Waals surface area contributed by atoms with E-state index in [1.54, 1.807) is 6.07 Å². The van der Waals surface area contributed by atoms with Gasteiger partial charge in [0.25, 0.3) is 0 Å². The Bertz CT molecular complexity index is 358. The molecule has 1 aliphatic rings. The van der Waals surface area contributed by atoms with Gasteiger partial charge >= 0.3 is 0 Å². The van der Waals surface area contributed by atoms with E-state index in [-0.39, 0.29) is 5.95 Å². The summed E-state index contributed by atoms with van der Waals surface area (Å²) >= 11 is 0. The van der Waals surface area contributed by atoms with E-state index in [0.717, 1.165) is 26.1 Å². The molecule has 1 fully saturated rings. The third-order valence-electron chi connectivity index (χ3n) is 3.11. The number of nitrogens with two attached hydrogens (primary N) is 2. The number of nitrogens with zero attached hydrogens (tertiary/aromatic N) is 2. The molecule has 0 aromatic carbocycles. The number of ether oxygens (including phenoxy) is 1. The SMILES string of the molecule is CC(Nc1cc(N)nc(N)n1)C1CCOCC1. The number of hydrogen-bond donors (Lipinski definition) is 3. The molecule has 2 rings (SSSR count). The van der Waals surface area contributed by atoms with E-state index >= 15 is 0 Å². The van der Waals surface area contributed by atoms with Crippen molar-refractivity contribution in [3.05, 3.63) is 6.07 Å². The van der Waals surface area contributed by atoms with Crippen molar-refractivity contribution < 1.29 is 4.74 Å². The van der Waals surface area contributed by atoms with E-state index < -0.39 is 0 Å². The lowest BCUT2D eigenvalue weighted by atomic mass is 9.93. The second kappa shape index (κ2) is 5.18. The third-order valence-corrected chi connectivity index (χ3v) is 3.11. The quantitative estimate of drug-likeness (QED) is 0.721. The summed E-state index contributed by atoms with van der Waals surface area (Å²) in [7, 11) is 0. The van der Waals surface area contributed by atoms with Crippen LogP contribution < -0.4 is 16.8 Å². The first-order valence-corrected chi connectivity index (χ1v) is 5.89. The Balaban J connectivity index is 1.99.